The molecule has 2 aromatic carbocycles. The minimum absolute atomic E-state index is 0.138. The van der Waals surface area contributed by atoms with Gasteiger partial charge >= 0.3 is 5.97 Å². The zero-order chi connectivity index (χ0) is 14.7. The Kier molecular flexibility index (Phi) is 4.10. The van der Waals surface area contributed by atoms with E-state index in [1.54, 1.807) is 12.1 Å². The number of carboxylic acid groups (broad SMARTS) is 1. The molecule has 0 heterocycles. The van der Waals surface area contributed by atoms with E-state index in [0.717, 1.165) is 0 Å². The van der Waals surface area contributed by atoms with Crippen LogP contribution in [0.2, 0.25) is 5.02 Å². The van der Waals surface area contributed by atoms with Crippen LogP contribution in [0, 0.1) is 5.82 Å². The van der Waals surface area contributed by atoms with Gasteiger partial charge in [0.05, 0.1) is 24.0 Å². The average molecular weight is 296 g/mol. The first-order valence-electron chi connectivity index (χ1n) is 5.65. The molecular weight excluding hydrogens is 285 g/mol. The molecule has 0 unspecified atom stereocenters. The quantitative estimate of drug-likeness (QED) is 0.897. The number of benzene rings is 2. The minimum Gasteiger partial charge on any atom is -0.495 e. The molecular formula is C14H11ClFNO3. The van der Waals surface area contributed by atoms with Gasteiger partial charge in [-0.3, -0.25) is 0 Å². The number of methoxy groups -OCH3 is 1. The number of aromatic carboxylic acids is 1. The molecule has 0 saturated heterocycles. The van der Waals surface area contributed by atoms with E-state index >= 15 is 0 Å². The van der Waals surface area contributed by atoms with Crippen molar-refractivity contribution in [1.82, 2.24) is 0 Å². The third-order valence-corrected chi connectivity index (χ3v) is 2.90. The van der Waals surface area contributed by atoms with Gasteiger partial charge in [-0.25, -0.2) is 9.18 Å². The second-order valence-corrected chi connectivity index (χ2v) is 4.37. The van der Waals surface area contributed by atoms with Gasteiger partial charge in [-0.15, -0.1) is 0 Å². The summed E-state index contributed by atoms with van der Waals surface area (Å²) in [5.41, 5.74) is 0.0696. The summed E-state index contributed by atoms with van der Waals surface area (Å²) in [6.45, 7) is 0. The third-order valence-electron chi connectivity index (χ3n) is 2.67. The third kappa shape index (κ3) is 2.83. The number of para-hydroxylation sites is 1. The van der Waals surface area contributed by atoms with Crippen LogP contribution in [-0.2, 0) is 0 Å². The first-order chi connectivity index (χ1) is 9.52. The molecule has 0 fully saturated rings. The van der Waals surface area contributed by atoms with Gasteiger partial charge < -0.3 is 15.2 Å². The first-order valence-corrected chi connectivity index (χ1v) is 6.03. The fourth-order valence-corrected chi connectivity index (χ4v) is 1.91. The number of anilines is 2. The number of carboxylic acids is 1. The molecule has 104 valence electrons. The molecule has 0 aliphatic carbocycles. The van der Waals surface area contributed by atoms with E-state index in [0.29, 0.717) is 16.5 Å². The van der Waals surface area contributed by atoms with E-state index in [1.807, 2.05) is 0 Å². The van der Waals surface area contributed by atoms with E-state index in [-0.39, 0.29) is 11.3 Å². The van der Waals surface area contributed by atoms with Gasteiger partial charge in [0.1, 0.15) is 11.6 Å². The lowest BCUT2D eigenvalue weighted by Gasteiger charge is -2.14. The Hall–Kier alpha value is -2.27. The summed E-state index contributed by atoms with van der Waals surface area (Å²) in [4.78, 5) is 11.1. The van der Waals surface area contributed by atoms with Crippen LogP contribution in [0.15, 0.2) is 36.4 Å². The molecule has 0 spiro atoms. The molecule has 0 atom stereocenters. The van der Waals surface area contributed by atoms with Gasteiger partial charge in [-0.1, -0.05) is 17.7 Å². The van der Waals surface area contributed by atoms with Crippen molar-refractivity contribution in [2.24, 2.45) is 0 Å². The zero-order valence-electron chi connectivity index (χ0n) is 10.5. The van der Waals surface area contributed by atoms with Gasteiger partial charge in [0, 0.05) is 5.02 Å². The molecule has 0 bridgehead atoms. The lowest BCUT2D eigenvalue weighted by molar-refractivity contribution is 0.0697. The highest BCUT2D eigenvalue weighted by Crippen LogP contribution is 2.32. The highest BCUT2D eigenvalue weighted by atomic mass is 35.5. The number of nitrogens with one attached hydrogen (secondary N) is 1. The van der Waals surface area contributed by atoms with Crippen molar-refractivity contribution in [3.8, 4) is 5.75 Å². The summed E-state index contributed by atoms with van der Waals surface area (Å²) in [5, 5.41) is 12.2. The number of carbonyl (C=O) groups is 1. The second kappa shape index (κ2) is 5.79. The molecule has 2 rings (SSSR count). The highest BCUT2D eigenvalue weighted by molar-refractivity contribution is 6.31. The lowest BCUT2D eigenvalue weighted by atomic mass is 10.1. The van der Waals surface area contributed by atoms with E-state index in [9.17, 15) is 9.18 Å². The molecule has 20 heavy (non-hydrogen) atoms. The van der Waals surface area contributed by atoms with Gasteiger partial charge in [0.15, 0.2) is 0 Å². The van der Waals surface area contributed by atoms with Gasteiger partial charge in [0.2, 0.25) is 0 Å². The molecule has 4 nitrogen and oxygen atoms in total. The van der Waals surface area contributed by atoms with Crippen molar-refractivity contribution in [2.75, 3.05) is 12.4 Å². The van der Waals surface area contributed by atoms with Crippen molar-refractivity contribution in [3.63, 3.8) is 0 Å². The lowest BCUT2D eigenvalue weighted by Crippen LogP contribution is -2.05. The molecule has 0 aliphatic heterocycles. The summed E-state index contributed by atoms with van der Waals surface area (Å²) in [6.07, 6.45) is 0. The fraction of sp³-hybridized carbons (Fsp3) is 0.0714. The van der Waals surface area contributed by atoms with E-state index in [1.165, 1.54) is 31.4 Å². The predicted octanol–water partition coefficient (Wildman–Crippen LogP) is 3.93. The summed E-state index contributed by atoms with van der Waals surface area (Å²) < 4.78 is 19.0. The van der Waals surface area contributed by atoms with Crippen molar-refractivity contribution in [3.05, 3.63) is 52.8 Å². The molecule has 2 N–H and O–H groups in total. The second-order valence-electron chi connectivity index (χ2n) is 3.94. The van der Waals surface area contributed by atoms with Crippen LogP contribution in [-0.4, -0.2) is 18.2 Å². The van der Waals surface area contributed by atoms with Crippen LogP contribution >= 0.6 is 11.6 Å². The van der Waals surface area contributed by atoms with Crippen LogP contribution in [0.3, 0.4) is 0 Å². The molecule has 0 amide bonds. The maximum absolute atomic E-state index is 13.8. The monoisotopic (exact) mass is 295 g/mol. The maximum atomic E-state index is 13.8. The van der Waals surface area contributed by atoms with E-state index in [2.05, 4.69) is 5.32 Å². The minimum atomic E-state index is -1.23. The molecule has 0 aliphatic rings. The number of ether oxygens (including phenoxy) is 1. The molecule has 0 radical (unpaired) electrons. The van der Waals surface area contributed by atoms with Crippen molar-refractivity contribution < 1.29 is 19.0 Å². The Morgan fingerprint density at radius 1 is 1.35 bits per heavy atom. The molecule has 6 heteroatoms. The Labute approximate surface area is 119 Å². The molecule has 0 aromatic heterocycles. The largest absolute Gasteiger partial charge is 0.495 e. The van der Waals surface area contributed by atoms with Crippen LogP contribution in [0.25, 0.3) is 0 Å². The van der Waals surface area contributed by atoms with Crippen LogP contribution in [0.4, 0.5) is 15.8 Å². The van der Waals surface area contributed by atoms with E-state index in [4.69, 9.17) is 21.4 Å². The summed E-state index contributed by atoms with van der Waals surface area (Å²) in [5.74, 6) is -1.48. The summed E-state index contributed by atoms with van der Waals surface area (Å²) in [7, 11) is 1.45. The standard InChI is InChI=1S/C14H11ClFNO3/c1-20-12-6-5-8(15)7-11(12)17-13-9(14(18)19)3-2-4-10(13)16/h2-7,17H,1H3,(H,18,19). The SMILES string of the molecule is COc1ccc(Cl)cc1Nc1c(F)cccc1C(=O)O. The van der Waals surface area contributed by atoms with Crippen molar-refractivity contribution in [2.45, 2.75) is 0 Å². The number of hydrogen-bond donors (Lipinski definition) is 2. The van der Waals surface area contributed by atoms with Crippen molar-refractivity contribution in [1.29, 1.82) is 0 Å². The first kappa shape index (κ1) is 14.1. The van der Waals surface area contributed by atoms with E-state index < -0.39 is 11.8 Å². The van der Waals surface area contributed by atoms with Crippen LogP contribution < -0.4 is 10.1 Å². The highest BCUT2D eigenvalue weighted by Gasteiger charge is 2.16. The Balaban J connectivity index is 2.50. The fourth-order valence-electron chi connectivity index (χ4n) is 1.74. The average Bonchev–Trinajstić information content (AvgIpc) is 2.41. The number of halogens is 2. The molecule has 0 saturated carbocycles. The van der Waals surface area contributed by atoms with Crippen LogP contribution in [0.5, 0.6) is 5.75 Å². The topological polar surface area (TPSA) is 58.6 Å². The number of rotatable bonds is 4. The van der Waals surface area contributed by atoms with Gasteiger partial charge in [-0.2, -0.15) is 0 Å². The zero-order valence-corrected chi connectivity index (χ0v) is 11.2. The number of hydrogen-bond acceptors (Lipinski definition) is 3. The Morgan fingerprint density at radius 3 is 2.75 bits per heavy atom. The molecule has 2 aromatic rings. The maximum Gasteiger partial charge on any atom is 0.337 e. The van der Waals surface area contributed by atoms with Gasteiger partial charge in [-0.05, 0) is 30.3 Å². The summed E-state index contributed by atoms with van der Waals surface area (Å²) >= 11 is 5.88. The smallest absolute Gasteiger partial charge is 0.337 e. The predicted molar refractivity (Wildman–Crippen MR) is 74.6 cm³/mol. The van der Waals surface area contributed by atoms with Gasteiger partial charge in [0.25, 0.3) is 0 Å². The Morgan fingerprint density at radius 2 is 2.10 bits per heavy atom. The normalized spacial score (nSPS) is 10.2. The summed E-state index contributed by atoms with van der Waals surface area (Å²) in [6, 6.07) is 8.56. The van der Waals surface area contributed by atoms with Crippen LogP contribution in [0.1, 0.15) is 10.4 Å². The van der Waals surface area contributed by atoms with Crippen molar-refractivity contribution >= 4 is 28.9 Å². The Bertz CT molecular complexity index is 661.